The average molecular weight is 593 g/mol. The molecule has 0 aromatic rings. The molecule has 2 nitrogen and oxygen atoms in total. The van der Waals surface area contributed by atoms with Crippen LogP contribution in [0, 0.1) is 0 Å². The lowest BCUT2D eigenvalue weighted by atomic mass is 10.0. The summed E-state index contributed by atoms with van der Waals surface area (Å²) in [4.78, 5) is 11.3. The van der Waals surface area contributed by atoms with E-state index in [9.17, 15) is 35.5 Å². The predicted molar refractivity (Wildman–Crippen MR) is 148 cm³/mol. The van der Waals surface area contributed by atoms with E-state index in [0.29, 0.717) is 6.42 Å². The molecule has 0 aliphatic carbocycles. The topological polar surface area (TPSA) is 26.3 Å². The molecule has 0 aromatic carbocycles. The molecule has 0 aliphatic heterocycles. The molecule has 0 heterocycles. The van der Waals surface area contributed by atoms with E-state index in [4.69, 9.17) is 0 Å². The van der Waals surface area contributed by atoms with Crippen molar-refractivity contribution in [2.24, 2.45) is 0 Å². The first-order valence-corrected chi connectivity index (χ1v) is 16.0. The molecule has 0 atom stereocenters. The van der Waals surface area contributed by atoms with Gasteiger partial charge in [-0.05, 0) is 6.42 Å². The number of hydrogen-bond acceptors (Lipinski definition) is 2. The van der Waals surface area contributed by atoms with Crippen LogP contribution in [0.3, 0.4) is 0 Å². The van der Waals surface area contributed by atoms with Gasteiger partial charge >= 0.3 is 24.2 Å². The molecule has 0 saturated carbocycles. The Bertz CT molecular complexity index is 595. The van der Waals surface area contributed by atoms with E-state index in [1.54, 1.807) is 0 Å². The summed E-state index contributed by atoms with van der Waals surface area (Å²) in [5, 5.41) is 0. The van der Waals surface area contributed by atoms with Gasteiger partial charge < -0.3 is 4.74 Å². The van der Waals surface area contributed by atoms with Crippen LogP contribution in [-0.2, 0) is 9.53 Å². The van der Waals surface area contributed by atoms with Crippen LogP contribution in [0.4, 0.5) is 30.7 Å². The van der Waals surface area contributed by atoms with Crippen molar-refractivity contribution in [1.29, 1.82) is 0 Å². The molecule has 9 heteroatoms. The summed E-state index contributed by atoms with van der Waals surface area (Å²) in [6.07, 6.45) is 16.8. The van der Waals surface area contributed by atoms with Gasteiger partial charge in [0.25, 0.3) is 0 Å². The lowest BCUT2D eigenvalue weighted by Gasteiger charge is -2.26. The summed E-state index contributed by atoms with van der Waals surface area (Å²) in [6.45, 7) is 2.26. The van der Waals surface area contributed by atoms with Gasteiger partial charge in [0, 0.05) is 6.42 Å². The zero-order valence-corrected chi connectivity index (χ0v) is 24.8. The summed E-state index contributed by atoms with van der Waals surface area (Å²) < 4.78 is 90.8. The van der Waals surface area contributed by atoms with Crippen LogP contribution in [0.1, 0.15) is 174 Å². The number of carbonyl (C=O) groups excluding carboxylic acids is 1. The molecule has 0 unspecified atom stereocenters. The van der Waals surface area contributed by atoms with Gasteiger partial charge in [0.2, 0.25) is 0 Å². The van der Waals surface area contributed by atoms with E-state index >= 15 is 0 Å². The van der Waals surface area contributed by atoms with Crippen molar-refractivity contribution in [3.63, 3.8) is 0 Å². The van der Waals surface area contributed by atoms with Crippen molar-refractivity contribution in [3.05, 3.63) is 0 Å². The second kappa shape index (κ2) is 23.5. The summed E-state index contributed by atoms with van der Waals surface area (Å²) in [5.74, 6) is -8.19. The van der Waals surface area contributed by atoms with E-state index < -0.39 is 30.6 Å². The van der Waals surface area contributed by atoms with Crippen molar-refractivity contribution >= 4 is 5.97 Å². The van der Waals surface area contributed by atoms with Crippen LogP contribution in [0.25, 0.3) is 0 Å². The van der Waals surface area contributed by atoms with Crippen LogP contribution >= 0.6 is 0 Å². The molecule has 0 amide bonds. The third-order valence-corrected chi connectivity index (χ3v) is 7.45. The highest BCUT2D eigenvalue weighted by molar-refractivity contribution is 5.69. The lowest BCUT2D eigenvalue weighted by molar-refractivity contribution is -0.412. The number of unbranched alkanes of at least 4 members (excludes halogenated alkanes) is 24. The van der Waals surface area contributed by atoms with Crippen molar-refractivity contribution in [3.8, 4) is 0 Å². The molecule has 0 radical (unpaired) electrons. The predicted octanol–water partition coefficient (Wildman–Crippen LogP) is 12.5. The highest BCUT2D eigenvalue weighted by atomic mass is 19.4. The maximum absolute atomic E-state index is 13.0. The normalized spacial score (nSPS) is 12.7. The number of alkyl halides is 7. The number of esters is 1. The van der Waals surface area contributed by atoms with Gasteiger partial charge in [0.15, 0.2) is 0 Å². The lowest BCUT2D eigenvalue weighted by Crippen LogP contribution is -2.54. The number of ether oxygens (including phenoxy) is 1. The fourth-order valence-electron chi connectivity index (χ4n) is 4.83. The van der Waals surface area contributed by atoms with Gasteiger partial charge in [-0.1, -0.05) is 161 Å². The summed E-state index contributed by atoms with van der Waals surface area (Å²) in [7, 11) is 0. The minimum absolute atomic E-state index is 0.103. The molecule has 0 fully saturated rings. The molecule has 0 aliphatic rings. The van der Waals surface area contributed by atoms with Gasteiger partial charge in [0.05, 0.1) is 0 Å². The highest BCUT2D eigenvalue weighted by Crippen LogP contribution is 2.47. The minimum Gasteiger partial charge on any atom is -0.396 e. The maximum atomic E-state index is 13.0. The Morgan fingerprint density at radius 1 is 0.450 bits per heavy atom. The van der Waals surface area contributed by atoms with Crippen LogP contribution in [-0.4, -0.2) is 24.2 Å². The van der Waals surface area contributed by atoms with Gasteiger partial charge in [-0.15, -0.1) is 0 Å². The third-order valence-electron chi connectivity index (χ3n) is 7.45. The smallest absolute Gasteiger partial charge is 0.396 e. The Morgan fingerprint density at radius 2 is 0.700 bits per heavy atom. The molecular weight excluding hydrogens is 537 g/mol. The summed E-state index contributed by atoms with van der Waals surface area (Å²) in [5.41, 5.74) is 0. The van der Waals surface area contributed by atoms with Gasteiger partial charge in [-0.2, -0.15) is 30.7 Å². The molecular formula is C31H55F7O2. The molecule has 40 heavy (non-hydrogen) atoms. The summed E-state index contributed by atoms with van der Waals surface area (Å²) >= 11 is 0. The number of rotatable bonds is 28. The van der Waals surface area contributed by atoms with Crippen molar-refractivity contribution < 1.29 is 40.3 Å². The largest absolute Gasteiger partial charge is 0.476 e. The first-order valence-electron chi connectivity index (χ1n) is 16.0. The van der Waals surface area contributed by atoms with E-state index in [1.807, 2.05) is 0 Å². The molecule has 0 rings (SSSR count). The van der Waals surface area contributed by atoms with E-state index in [2.05, 4.69) is 11.7 Å². The minimum atomic E-state index is -6.51. The second-order valence-corrected chi connectivity index (χ2v) is 11.3. The second-order valence-electron chi connectivity index (χ2n) is 11.3. The first kappa shape index (κ1) is 39.0. The number of carbonyl (C=O) groups is 1. The Kier molecular flexibility index (Phi) is 22.9. The Balaban J connectivity index is 3.38. The molecule has 240 valence electrons. The van der Waals surface area contributed by atoms with Crippen LogP contribution in [0.15, 0.2) is 0 Å². The Morgan fingerprint density at radius 3 is 0.950 bits per heavy atom. The fraction of sp³-hybridized carbons (Fsp3) is 0.968. The van der Waals surface area contributed by atoms with Crippen molar-refractivity contribution in [2.75, 3.05) is 0 Å². The third kappa shape index (κ3) is 20.0. The number of halogens is 7. The average Bonchev–Trinajstić information content (AvgIpc) is 2.87. The van der Waals surface area contributed by atoms with E-state index in [0.717, 1.165) is 32.1 Å². The molecule has 0 saturated heterocycles. The zero-order valence-electron chi connectivity index (χ0n) is 24.8. The molecule has 0 N–H and O–H groups in total. The number of hydrogen-bond donors (Lipinski definition) is 0. The van der Waals surface area contributed by atoms with E-state index in [-0.39, 0.29) is 6.42 Å². The Hall–Kier alpha value is -1.02. The monoisotopic (exact) mass is 592 g/mol. The Labute approximate surface area is 238 Å². The molecule has 0 aromatic heterocycles. The SMILES string of the molecule is CCCCCCCCCCCCCCCCCCCCCCCCCCCC(=O)OC(F)(F)C(F)(F)C(F)(F)F. The van der Waals surface area contributed by atoms with Crippen LogP contribution in [0.2, 0.25) is 0 Å². The highest BCUT2D eigenvalue weighted by Gasteiger charge is 2.76. The van der Waals surface area contributed by atoms with Crippen molar-refractivity contribution in [2.45, 2.75) is 192 Å². The van der Waals surface area contributed by atoms with Gasteiger partial charge in [-0.25, -0.2) is 0 Å². The zero-order chi connectivity index (χ0) is 30.2. The first-order chi connectivity index (χ1) is 19.0. The standard InChI is InChI=1S/C31H55F7O2/c1-2-3-4-5-6-7-8-9-10-11-12-13-14-15-16-17-18-19-20-21-22-23-24-25-26-27-28(39)40-31(37,38)29(32,33)30(34,35)36/h2-27H2,1H3. The fourth-order valence-corrected chi connectivity index (χ4v) is 4.83. The van der Waals surface area contributed by atoms with Crippen LogP contribution in [0.5, 0.6) is 0 Å². The van der Waals surface area contributed by atoms with Gasteiger partial charge in [0.1, 0.15) is 0 Å². The van der Waals surface area contributed by atoms with Gasteiger partial charge in [-0.3, -0.25) is 4.79 Å². The summed E-state index contributed by atoms with van der Waals surface area (Å²) in [6, 6.07) is 0. The molecule has 0 bridgehead atoms. The van der Waals surface area contributed by atoms with Crippen molar-refractivity contribution in [1.82, 2.24) is 0 Å². The van der Waals surface area contributed by atoms with E-state index in [1.165, 1.54) is 116 Å². The quantitative estimate of drug-likeness (QED) is 0.0513. The maximum Gasteiger partial charge on any atom is 0.476 e. The van der Waals surface area contributed by atoms with Crippen LogP contribution < -0.4 is 0 Å². The molecule has 0 spiro atoms.